The first-order chi connectivity index (χ1) is 9.51. The maximum Gasteiger partial charge on any atom is 0.353 e. The highest BCUT2D eigenvalue weighted by Gasteiger charge is 2.22. The summed E-state index contributed by atoms with van der Waals surface area (Å²) >= 11 is 0. The molecule has 0 unspecified atom stereocenters. The Hall–Kier alpha value is -2.70. The number of nitro groups is 1. The Kier molecular flexibility index (Phi) is 3.79. The van der Waals surface area contributed by atoms with Crippen LogP contribution in [0, 0.1) is 24.0 Å². The lowest BCUT2D eigenvalue weighted by Crippen LogP contribution is -2.05. The second-order valence-corrected chi connectivity index (χ2v) is 4.43. The van der Waals surface area contributed by atoms with Crippen molar-refractivity contribution in [1.82, 2.24) is 9.97 Å². The Morgan fingerprint density at radius 3 is 2.25 bits per heavy atom. The van der Waals surface area contributed by atoms with Gasteiger partial charge in [-0.2, -0.15) is 0 Å². The van der Waals surface area contributed by atoms with Crippen LogP contribution in [0.1, 0.15) is 11.1 Å². The first-order valence-electron chi connectivity index (χ1n) is 6.03. The SMILES string of the molecule is CNc1ncnc(Nc2cc(C)cc(C)c2)c1[N+](=O)[O-]. The third-order valence-corrected chi connectivity index (χ3v) is 2.73. The highest BCUT2D eigenvalue weighted by molar-refractivity contribution is 5.73. The van der Waals surface area contributed by atoms with Gasteiger partial charge in [-0.3, -0.25) is 10.1 Å². The summed E-state index contributed by atoms with van der Waals surface area (Å²) in [4.78, 5) is 18.5. The van der Waals surface area contributed by atoms with Gasteiger partial charge in [-0.1, -0.05) is 6.07 Å². The molecule has 0 spiro atoms. The first-order valence-corrected chi connectivity index (χ1v) is 6.03. The summed E-state index contributed by atoms with van der Waals surface area (Å²) < 4.78 is 0. The number of rotatable bonds is 4. The van der Waals surface area contributed by atoms with E-state index < -0.39 is 4.92 Å². The molecule has 2 N–H and O–H groups in total. The van der Waals surface area contributed by atoms with Crippen LogP contribution >= 0.6 is 0 Å². The van der Waals surface area contributed by atoms with Gasteiger partial charge in [0.1, 0.15) is 6.33 Å². The highest BCUT2D eigenvalue weighted by Crippen LogP contribution is 2.31. The number of nitrogens with zero attached hydrogens (tertiary/aromatic N) is 3. The molecule has 0 saturated carbocycles. The van der Waals surface area contributed by atoms with Gasteiger partial charge in [0.25, 0.3) is 0 Å². The molecule has 1 heterocycles. The van der Waals surface area contributed by atoms with Gasteiger partial charge in [0.15, 0.2) is 0 Å². The van der Waals surface area contributed by atoms with E-state index in [-0.39, 0.29) is 17.3 Å². The molecule has 0 atom stereocenters. The van der Waals surface area contributed by atoms with Gasteiger partial charge in [-0.15, -0.1) is 0 Å². The Morgan fingerprint density at radius 2 is 1.70 bits per heavy atom. The predicted molar refractivity (Wildman–Crippen MR) is 77.4 cm³/mol. The third kappa shape index (κ3) is 2.82. The number of aromatic nitrogens is 2. The van der Waals surface area contributed by atoms with Crippen molar-refractivity contribution in [3.63, 3.8) is 0 Å². The second kappa shape index (κ2) is 5.52. The minimum atomic E-state index is -0.503. The van der Waals surface area contributed by atoms with Crippen molar-refractivity contribution < 1.29 is 4.92 Å². The summed E-state index contributed by atoms with van der Waals surface area (Å²) in [5.41, 5.74) is 2.72. The van der Waals surface area contributed by atoms with E-state index in [0.29, 0.717) is 0 Å². The molecule has 2 rings (SSSR count). The van der Waals surface area contributed by atoms with Crippen molar-refractivity contribution in [3.05, 3.63) is 45.8 Å². The Balaban J connectivity index is 2.45. The molecule has 1 aromatic heterocycles. The highest BCUT2D eigenvalue weighted by atomic mass is 16.6. The van der Waals surface area contributed by atoms with Crippen LogP contribution in [0.5, 0.6) is 0 Å². The van der Waals surface area contributed by atoms with Crippen molar-refractivity contribution in [2.24, 2.45) is 0 Å². The lowest BCUT2D eigenvalue weighted by atomic mass is 10.1. The van der Waals surface area contributed by atoms with E-state index in [1.54, 1.807) is 7.05 Å². The van der Waals surface area contributed by atoms with E-state index in [4.69, 9.17) is 0 Å². The van der Waals surface area contributed by atoms with Gasteiger partial charge in [0.2, 0.25) is 11.6 Å². The van der Waals surface area contributed by atoms with Crippen molar-refractivity contribution >= 4 is 23.0 Å². The lowest BCUT2D eigenvalue weighted by Gasteiger charge is -2.09. The summed E-state index contributed by atoms with van der Waals surface area (Å²) in [5, 5.41) is 16.8. The molecule has 7 heteroatoms. The minimum Gasteiger partial charge on any atom is -0.367 e. The van der Waals surface area contributed by atoms with Crippen LogP contribution in [-0.4, -0.2) is 21.9 Å². The molecule has 0 radical (unpaired) electrons. The molecule has 0 fully saturated rings. The van der Waals surface area contributed by atoms with E-state index in [1.807, 2.05) is 32.0 Å². The van der Waals surface area contributed by atoms with E-state index >= 15 is 0 Å². The van der Waals surface area contributed by atoms with Gasteiger partial charge in [-0.25, -0.2) is 9.97 Å². The van der Waals surface area contributed by atoms with E-state index in [9.17, 15) is 10.1 Å². The smallest absolute Gasteiger partial charge is 0.353 e. The fourth-order valence-corrected chi connectivity index (χ4v) is 2.01. The molecule has 20 heavy (non-hydrogen) atoms. The quantitative estimate of drug-likeness (QED) is 0.657. The Morgan fingerprint density at radius 1 is 1.10 bits per heavy atom. The molecule has 0 aliphatic rings. The summed E-state index contributed by atoms with van der Waals surface area (Å²) in [6.45, 7) is 3.93. The average molecular weight is 273 g/mol. The Bertz CT molecular complexity index is 637. The van der Waals surface area contributed by atoms with Gasteiger partial charge in [-0.05, 0) is 37.1 Å². The van der Waals surface area contributed by atoms with Crippen LogP contribution in [0.25, 0.3) is 0 Å². The summed E-state index contributed by atoms with van der Waals surface area (Å²) in [7, 11) is 1.58. The van der Waals surface area contributed by atoms with Gasteiger partial charge in [0, 0.05) is 12.7 Å². The second-order valence-electron chi connectivity index (χ2n) is 4.43. The minimum absolute atomic E-state index is 0.166. The van der Waals surface area contributed by atoms with Crippen molar-refractivity contribution in [1.29, 1.82) is 0 Å². The zero-order valence-electron chi connectivity index (χ0n) is 11.5. The molecular weight excluding hydrogens is 258 g/mol. The molecule has 0 aliphatic heterocycles. The zero-order valence-corrected chi connectivity index (χ0v) is 11.5. The first kappa shape index (κ1) is 13.7. The van der Waals surface area contributed by atoms with Crippen LogP contribution in [0.2, 0.25) is 0 Å². The number of nitrogens with one attached hydrogen (secondary N) is 2. The average Bonchev–Trinajstić information content (AvgIpc) is 2.36. The molecule has 104 valence electrons. The van der Waals surface area contributed by atoms with Crippen LogP contribution in [-0.2, 0) is 0 Å². The summed E-state index contributed by atoms with van der Waals surface area (Å²) in [6.07, 6.45) is 1.28. The fourth-order valence-electron chi connectivity index (χ4n) is 2.01. The Labute approximate surface area is 116 Å². The van der Waals surface area contributed by atoms with Crippen LogP contribution in [0.15, 0.2) is 24.5 Å². The van der Waals surface area contributed by atoms with Crippen molar-refractivity contribution in [3.8, 4) is 0 Å². The third-order valence-electron chi connectivity index (χ3n) is 2.73. The largest absolute Gasteiger partial charge is 0.367 e. The maximum atomic E-state index is 11.2. The van der Waals surface area contributed by atoms with Crippen LogP contribution < -0.4 is 10.6 Å². The molecular formula is C13H15N5O2. The van der Waals surface area contributed by atoms with E-state index in [1.165, 1.54) is 6.33 Å². The molecule has 7 nitrogen and oxygen atoms in total. The molecule has 0 saturated heterocycles. The maximum absolute atomic E-state index is 11.2. The molecule has 0 aliphatic carbocycles. The standard InChI is InChI=1S/C13H15N5O2/c1-8-4-9(2)6-10(5-8)17-13-11(18(19)20)12(14-3)15-7-16-13/h4-7H,1-3H3,(H2,14,15,16,17). The molecule has 0 bridgehead atoms. The number of benzene rings is 1. The lowest BCUT2D eigenvalue weighted by molar-refractivity contribution is -0.383. The summed E-state index contributed by atoms with van der Waals surface area (Å²) in [6, 6.07) is 5.83. The van der Waals surface area contributed by atoms with E-state index in [2.05, 4.69) is 20.6 Å². The molecule has 2 aromatic rings. The number of aryl methyl sites for hydroxylation is 2. The fraction of sp³-hybridized carbons (Fsp3) is 0.231. The molecule has 1 aromatic carbocycles. The van der Waals surface area contributed by atoms with Crippen molar-refractivity contribution in [2.45, 2.75) is 13.8 Å². The van der Waals surface area contributed by atoms with Gasteiger partial charge < -0.3 is 10.6 Å². The number of anilines is 3. The predicted octanol–water partition coefficient (Wildman–Crippen LogP) is 2.79. The topological polar surface area (TPSA) is 93.0 Å². The van der Waals surface area contributed by atoms with Crippen LogP contribution in [0.4, 0.5) is 23.0 Å². The van der Waals surface area contributed by atoms with Gasteiger partial charge in [0.05, 0.1) is 4.92 Å². The molecule has 0 amide bonds. The monoisotopic (exact) mass is 273 g/mol. The van der Waals surface area contributed by atoms with E-state index in [0.717, 1.165) is 16.8 Å². The zero-order chi connectivity index (χ0) is 14.7. The summed E-state index contributed by atoms with van der Waals surface area (Å²) in [5.74, 6) is 0.344. The van der Waals surface area contributed by atoms with Crippen molar-refractivity contribution in [2.75, 3.05) is 17.7 Å². The normalized spacial score (nSPS) is 10.2. The number of hydrogen-bond donors (Lipinski definition) is 2. The number of hydrogen-bond acceptors (Lipinski definition) is 6. The van der Waals surface area contributed by atoms with Crippen LogP contribution in [0.3, 0.4) is 0 Å². The van der Waals surface area contributed by atoms with Gasteiger partial charge >= 0.3 is 5.69 Å².